The molecule has 1 fully saturated rings. The van der Waals surface area contributed by atoms with Crippen molar-refractivity contribution < 1.29 is 9.59 Å². The SMILES string of the molecule is CN(CC(=O)Nc1ccc(Br)cn1)C(=O)CC1CSCCN1.Cl.Cl. The molecule has 136 valence electrons. The second kappa shape index (κ2) is 11.9. The highest BCUT2D eigenvalue weighted by atomic mass is 79.9. The summed E-state index contributed by atoms with van der Waals surface area (Å²) in [5.41, 5.74) is 0. The normalized spacial score (nSPS) is 16.3. The number of carbonyl (C=O) groups excluding carboxylic acids is 2. The van der Waals surface area contributed by atoms with Gasteiger partial charge in [-0.05, 0) is 28.1 Å². The van der Waals surface area contributed by atoms with Crippen LogP contribution in [0.4, 0.5) is 5.82 Å². The average Bonchev–Trinajstić information content (AvgIpc) is 2.50. The second-order valence-corrected chi connectivity index (χ2v) is 7.16. The van der Waals surface area contributed by atoms with Crippen molar-refractivity contribution in [1.29, 1.82) is 0 Å². The first kappa shape index (κ1) is 23.5. The van der Waals surface area contributed by atoms with Gasteiger partial charge in [0.25, 0.3) is 0 Å². The zero-order valence-corrected chi connectivity index (χ0v) is 17.2. The highest BCUT2D eigenvalue weighted by molar-refractivity contribution is 9.10. The molecule has 0 saturated carbocycles. The van der Waals surface area contributed by atoms with Crippen LogP contribution in [0.25, 0.3) is 0 Å². The average molecular weight is 460 g/mol. The zero-order valence-electron chi connectivity index (χ0n) is 13.2. The summed E-state index contributed by atoms with van der Waals surface area (Å²) in [7, 11) is 1.65. The number of likely N-dealkylation sites (N-methyl/N-ethyl adjacent to an activating group) is 1. The van der Waals surface area contributed by atoms with Crippen LogP contribution in [-0.4, -0.2) is 59.4 Å². The molecule has 1 aromatic rings. The summed E-state index contributed by atoms with van der Waals surface area (Å²) in [6, 6.07) is 3.70. The lowest BCUT2D eigenvalue weighted by Crippen LogP contribution is -2.43. The van der Waals surface area contributed by atoms with E-state index in [0.29, 0.717) is 12.2 Å². The van der Waals surface area contributed by atoms with Gasteiger partial charge in [0.2, 0.25) is 11.8 Å². The Labute approximate surface area is 166 Å². The van der Waals surface area contributed by atoms with Crippen LogP contribution in [0.2, 0.25) is 0 Å². The number of carbonyl (C=O) groups is 2. The van der Waals surface area contributed by atoms with E-state index in [-0.39, 0.29) is 49.2 Å². The van der Waals surface area contributed by atoms with Crippen molar-refractivity contribution in [1.82, 2.24) is 15.2 Å². The lowest BCUT2D eigenvalue weighted by Gasteiger charge is -2.25. The van der Waals surface area contributed by atoms with Gasteiger partial charge in [-0.15, -0.1) is 24.8 Å². The summed E-state index contributed by atoms with van der Waals surface area (Å²) in [6.07, 6.45) is 2.03. The summed E-state index contributed by atoms with van der Waals surface area (Å²) in [5.74, 6) is 2.22. The molecular weight excluding hydrogens is 439 g/mol. The van der Waals surface area contributed by atoms with Crippen molar-refractivity contribution in [2.24, 2.45) is 0 Å². The number of anilines is 1. The first-order valence-corrected chi connectivity index (χ1v) is 8.96. The van der Waals surface area contributed by atoms with Crippen LogP contribution < -0.4 is 10.6 Å². The Morgan fingerprint density at radius 1 is 1.46 bits per heavy atom. The molecule has 1 saturated heterocycles. The minimum absolute atomic E-state index is 0. The molecule has 10 heteroatoms. The predicted molar refractivity (Wildman–Crippen MR) is 106 cm³/mol. The molecule has 1 unspecified atom stereocenters. The number of rotatable bonds is 5. The maximum atomic E-state index is 12.1. The van der Waals surface area contributed by atoms with E-state index < -0.39 is 0 Å². The van der Waals surface area contributed by atoms with E-state index in [1.54, 1.807) is 25.4 Å². The third-order valence-corrected chi connectivity index (χ3v) is 4.82. The van der Waals surface area contributed by atoms with Crippen LogP contribution in [-0.2, 0) is 9.59 Å². The van der Waals surface area contributed by atoms with Crippen LogP contribution in [0.1, 0.15) is 6.42 Å². The minimum atomic E-state index is -0.253. The number of nitrogens with one attached hydrogen (secondary N) is 2. The molecule has 2 heterocycles. The molecular formula is C14H21BrCl2N4O2S. The van der Waals surface area contributed by atoms with Gasteiger partial charge < -0.3 is 15.5 Å². The highest BCUT2D eigenvalue weighted by Gasteiger charge is 2.20. The number of aromatic nitrogens is 1. The fourth-order valence-electron chi connectivity index (χ4n) is 2.05. The third kappa shape index (κ3) is 8.02. The minimum Gasteiger partial charge on any atom is -0.336 e. The molecule has 0 radical (unpaired) electrons. The Balaban J connectivity index is 0.00000264. The second-order valence-electron chi connectivity index (χ2n) is 5.09. The number of hydrogen-bond acceptors (Lipinski definition) is 5. The summed E-state index contributed by atoms with van der Waals surface area (Å²) in [4.78, 5) is 29.6. The summed E-state index contributed by atoms with van der Waals surface area (Å²) < 4.78 is 0.843. The van der Waals surface area contributed by atoms with Gasteiger partial charge in [-0.2, -0.15) is 11.8 Å². The number of hydrogen-bond donors (Lipinski definition) is 2. The van der Waals surface area contributed by atoms with Crippen LogP contribution in [0.5, 0.6) is 0 Å². The van der Waals surface area contributed by atoms with E-state index in [1.165, 1.54) is 4.90 Å². The summed E-state index contributed by atoms with van der Waals surface area (Å²) >= 11 is 5.13. The van der Waals surface area contributed by atoms with Gasteiger partial charge in [0.05, 0.1) is 6.54 Å². The van der Waals surface area contributed by atoms with Gasteiger partial charge in [0.15, 0.2) is 0 Å². The fraction of sp³-hybridized carbons (Fsp3) is 0.500. The Bertz CT molecular complexity index is 530. The Hall–Kier alpha value is -0.540. The van der Waals surface area contributed by atoms with E-state index >= 15 is 0 Å². The van der Waals surface area contributed by atoms with Crippen molar-refractivity contribution in [3.63, 3.8) is 0 Å². The molecule has 2 amide bonds. The highest BCUT2D eigenvalue weighted by Crippen LogP contribution is 2.12. The summed E-state index contributed by atoms with van der Waals surface area (Å²) in [6.45, 7) is 0.957. The van der Waals surface area contributed by atoms with Crippen molar-refractivity contribution in [2.75, 3.05) is 37.0 Å². The maximum Gasteiger partial charge on any atom is 0.245 e. The molecule has 0 spiro atoms. The molecule has 0 bridgehead atoms. The maximum absolute atomic E-state index is 12.1. The molecule has 2 rings (SSSR count). The quantitative estimate of drug-likeness (QED) is 0.705. The first-order chi connectivity index (χ1) is 10.5. The zero-order chi connectivity index (χ0) is 15.9. The van der Waals surface area contributed by atoms with E-state index in [2.05, 4.69) is 31.5 Å². The molecule has 0 aliphatic carbocycles. The van der Waals surface area contributed by atoms with Gasteiger partial charge in [-0.3, -0.25) is 9.59 Å². The Morgan fingerprint density at radius 3 is 2.79 bits per heavy atom. The summed E-state index contributed by atoms with van der Waals surface area (Å²) in [5, 5.41) is 5.99. The Kier molecular flexibility index (Phi) is 11.6. The molecule has 1 atom stereocenters. The van der Waals surface area contributed by atoms with E-state index in [0.717, 1.165) is 22.5 Å². The van der Waals surface area contributed by atoms with Crippen molar-refractivity contribution in [3.05, 3.63) is 22.8 Å². The van der Waals surface area contributed by atoms with Crippen LogP contribution in [0.3, 0.4) is 0 Å². The smallest absolute Gasteiger partial charge is 0.245 e. The van der Waals surface area contributed by atoms with Crippen LogP contribution >= 0.6 is 52.5 Å². The lowest BCUT2D eigenvalue weighted by atomic mass is 10.2. The molecule has 24 heavy (non-hydrogen) atoms. The molecule has 1 aliphatic heterocycles. The third-order valence-electron chi connectivity index (χ3n) is 3.22. The molecule has 1 aromatic heterocycles. The molecule has 0 aromatic carbocycles. The Morgan fingerprint density at radius 2 is 2.21 bits per heavy atom. The van der Waals surface area contributed by atoms with E-state index in [4.69, 9.17) is 0 Å². The van der Waals surface area contributed by atoms with Crippen LogP contribution in [0.15, 0.2) is 22.8 Å². The van der Waals surface area contributed by atoms with E-state index in [1.807, 2.05) is 11.8 Å². The van der Waals surface area contributed by atoms with Gasteiger partial charge in [-0.25, -0.2) is 4.98 Å². The number of thioether (sulfide) groups is 1. The number of amides is 2. The van der Waals surface area contributed by atoms with Crippen molar-refractivity contribution in [3.8, 4) is 0 Å². The van der Waals surface area contributed by atoms with Gasteiger partial charge >= 0.3 is 0 Å². The molecule has 6 nitrogen and oxygen atoms in total. The molecule has 2 N–H and O–H groups in total. The largest absolute Gasteiger partial charge is 0.336 e. The first-order valence-electron chi connectivity index (χ1n) is 7.01. The van der Waals surface area contributed by atoms with Gasteiger partial charge in [0, 0.05) is 48.2 Å². The monoisotopic (exact) mass is 458 g/mol. The van der Waals surface area contributed by atoms with Gasteiger partial charge in [-0.1, -0.05) is 0 Å². The number of nitrogens with zero attached hydrogens (tertiary/aromatic N) is 2. The van der Waals surface area contributed by atoms with Crippen molar-refractivity contribution in [2.45, 2.75) is 12.5 Å². The topological polar surface area (TPSA) is 74.3 Å². The number of halogens is 3. The van der Waals surface area contributed by atoms with Crippen LogP contribution in [0, 0.1) is 0 Å². The number of pyridine rings is 1. The lowest BCUT2D eigenvalue weighted by molar-refractivity contribution is -0.133. The fourth-order valence-corrected chi connectivity index (χ4v) is 3.24. The van der Waals surface area contributed by atoms with Crippen molar-refractivity contribution >= 4 is 70.1 Å². The standard InChI is InChI=1S/C14H19BrN4O2S.2ClH/c1-19(14(21)6-11-9-22-5-4-16-11)8-13(20)18-12-3-2-10(15)7-17-12;;/h2-3,7,11,16H,4-6,8-9H2,1H3,(H,17,18,20);2*1H. The van der Waals surface area contributed by atoms with Gasteiger partial charge in [0.1, 0.15) is 5.82 Å². The van der Waals surface area contributed by atoms with E-state index in [9.17, 15) is 9.59 Å². The molecule has 1 aliphatic rings. The predicted octanol–water partition coefficient (Wildman–Crippen LogP) is 2.18.